The van der Waals surface area contributed by atoms with Crippen LogP contribution in [0.15, 0.2) is 64.5 Å². The summed E-state index contributed by atoms with van der Waals surface area (Å²) < 4.78 is 43.3. The summed E-state index contributed by atoms with van der Waals surface area (Å²) >= 11 is 0. The molecule has 0 radical (unpaired) electrons. The molecule has 0 atom stereocenters. The smallest absolute Gasteiger partial charge is 0.275 e. The van der Waals surface area contributed by atoms with E-state index in [1.165, 1.54) is 44.6 Å². The lowest BCUT2D eigenvalue weighted by atomic mass is 10.0. The van der Waals surface area contributed by atoms with Gasteiger partial charge in [0.05, 0.1) is 9.82 Å². The van der Waals surface area contributed by atoms with Crippen molar-refractivity contribution >= 4 is 26.6 Å². The summed E-state index contributed by atoms with van der Waals surface area (Å²) in [7, 11) is -2.71. The normalized spacial score (nSPS) is 11.8. The Hall–Kier alpha value is -3.79. The zero-order chi connectivity index (χ0) is 23.4. The van der Waals surface area contributed by atoms with E-state index in [1.54, 1.807) is 12.1 Å². The number of fused-ring (bicyclic) bond motifs is 1. The first-order valence-corrected chi connectivity index (χ1v) is 10.9. The summed E-state index contributed by atoms with van der Waals surface area (Å²) in [6, 6.07) is 9.69. The fourth-order valence-electron chi connectivity index (χ4n) is 3.63. The fraction of sp³-hybridized carbons (Fsp3) is 0.136. The van der Waals surface area contributed by atoms with Gasteiger partial charge in [0.1, 0.15) is 11.3 Å². The third-order valence-corrected chi connectivity index (χ3v) is 7.03. The highest BCUT2D eigenvalue weighted by Gasteiger charge is 2.25. The van der Waals surface area contributed by atoms with Crippen molar-refractivity contribution in [2.45, 2.75) is 18.7 Å². The SMILES string of the molecule is Cc1ccc(S(=O)(=O)n2ccc3c(-c4cc([N+](=O)[O-])c(C)cc4F)cn(C)c(=O)c32)cc1. The molecular weight excluding hydrogens is 437 g/mol. The molecule has 2 heterocycles. The Bertz CT molecular complexity index is 1570. The van der Waals surface area contributed by atoms with Gasteiger partial charge in [-0.1, -0.05) is 17.7 Å². The van der Waals surface area contributed by atoms with Crippen molar-refractivity contribution < 1.29 is 17.7 Å². The van der Waals surface area contributed by atoms with E-state index in [1.807, 2.05) is 6.92 Å². The van der Waals surface area contributed by atoms with Crippen LogP contribution in [0.1, 0.15) is 11.1 Å². The number of benzene rings is 2. The van der Waals surface area contributed by atoms with Crippen LogP contribution >= 0.6 is 0 Å². The van der Waals surface area contributed by atoms with E-state index in [4.69, 9.17) is 0 Å². The number of nitrogens with zero attached hydrogens (tertiary/aromatic N) is 3. The van der Waals surface area contributed by atoms with Crippen molar-refractivity contribution in [3.05, 3.63) is 92.3 Å². The molecular formula is C22H18FN3O5S. The number of aromatic nitrogens is 2. The van der Waals surface area contributed by atoms with Gasteiger partial charge in [0.15, 0.2) is 0 Å². The van der Waals surface area contributed by atoms with Crippen molar-refractivity contribution in [1.29, 1.82) is 0 Å². The van der Waals surface area contributed by atoms with Crippen molar-refractivity contribution in [3.8, 4) is 11.1 Å². The molecule has 0 unspecified atom stereocenters. The minimum atomic E-state index is -4.11. The second-order valence-corrected chi connectivity index (χ2v) is 9.34. The van der Waals surface area contributed by atoms with E-state index in [0.29, 0.717) is 0 Å². The molecule has 32 heavy (non-hydrogen) atoms. The Balaban J connectivity index is 2.05. The molecule has 0 aliphatic rings. The number of aryl methyl sites for hydroxylation is 3. The quantitative estimate of drug-likeness (QED) is 0.343. The maximum Gasteiger partial charge on any atom is 0.275 e. The molecule has 0 amide bonds. The maximum absolute atomic E-state index is 14.8. The second kappa shape index (κ2) is 7.41. The summed E-state index contributed by atoms with van der Waals surface area (Å²) in [6.07, 6.45) is 2.57. The number of hydrogen-bond acceptors (Lipinski definition) is 5. The highest BCUT2D eigenvalue weighted by molar-refractivity contribution is 7.90. The van der Waals surface area contributed by atoms with Gasteiger partial charge in [-0.3, -0.25) is 14.9 Å². The minimum absolute atomic E-state index is 0.00906. The lowest BCUT2D eigenvalue weighted by Crippen LogP contribution is -2.22. The molecule has 0 saturated heterocycles. The highest BCUT2D eigenvalue weighted by atomic mass is 32.2. The highest BCUT2D eigenvalue weighted by Crippen LogP contribution is 2.34. The van der Waals surface area contributed by atoms with Crippen LogP contribution < -0.4 is 5.56 Å². The van der Waals surface area contributed by atoms with E-state index in [-0.39, 0.29) is 38.2 Å². The molecule has 0 fully saturated rings. The predicted octanol–water partition coefficient (Wildman–Crippen LogP) is 3.91. The lowest BCUT2D eigenvalue weighted by molar-refractivity contribution is -0.385. The number of halogens is 1. The minimum Gasteiger partial charge on any atom is -0.316 e. The van der Waals surface area contributed by atoms with Crippen molar-refractivity contribution in [3.63, 3.8) is 0 Å². The Morgan fingerprint density at radius 3 is 2.31 bits per heavy atom. The van der Waals surface area contributed by atoms with Crippen LogP contribution in [0.5, 0.6) is 0 Å². The van der Waals surface area contributed by atoms with Crippen LogP contribution in [0.4, 0.5) is 10.1 Å². The van der Waals surface area contributed by atoms with Gasteiger partial charge in [0.2, 0.25) is 0 Å². The van der Waals surface area contributed by atoms with Crippen LogP contribution in [0, 0.1) is 29.8 Å². The van der Waals surface area contributed by atoms with Gasteiger partial charge < -0.3 is 4.57 Å². The van der Waals surface area contributed by atoms with E-state index in [0.717, 1.165) is 26.2 Å². The van der Waals surface area contributed by atoms with Gasteiger partial charge in [-0.25, -0.2) is 16.8 Å². The van der Waals surface area contributed by atoms with Gasteiger partial charge in [-0.2, -0.15) is 0 Å². The second-order valence-electron chi connectivity index (χ2n) is 7.53. The van der Waals surface area contributed by atoms with Crippen LogP contribution in [0.2, 0.25) is 0 Å². The summed E-state index contributed by atoms with van der Waals surface area (Å²) in [5.41, 5.74) is 0.0245. The maximum atomic E-state index is 14.8. The molecule has 0 aliphatic carbocycles. The van der Waals surface area contributed by atoms with Crippen LogP contribution in [-0.2, 0) is 17.1 Å². The standard InChI is InChI=1S/C22H18FN3O5S/c1-13-4-6-15(7-5-13)32(30,31)25-9-8-16-18(12-24(3)22(27)21(16)25)17-11-20(26(28)29)14(2)10-19(17)23/h4-12H,1-3H3. The molecule has 2 aromatic heterocycles. The first-order valence-electron chi connectivity index (χ1n) is 9.50. The van der Waals surface area contributed by atoms with Crippen molar-refractivity contribution in [2.75, 3.05) is 0 Å². The Kier molecular flexibility index (Phi) is 4.97. The van der Waals surface area contributed by atoms with Crippen LogP contribution in [0.3, 0.4) is 0 Å². The first kappa shape index (κ1) is 21.4. The average Bonchev–Trinajstić information content (AvgIpc) is 3.17. The number of rotatable bonds is 4. The first-order chi connectivity index (χ1) is 15.0. The predicted molar refractivity (Wildman–Crippen MR) is 118 cm³/mol. The third-order valence-electron chi connectivity index (χ3n) is 5.34. The van der Waals surface area contributed by atoms with E-state index >= 15 is 0 Å². The number of pyridine rings is 1. The molecule has 4 rings (SSSR count). The molecule has 2 aromatic carbocycles. The fourth-order valence-corrected chi connectivity index (χ4v) is 4.98. The van der Waals surface area contributed by atoms with Gasteiger partial charge in [0, 0.05) is 47.6 Å². The number of hydrogen-bond donors (Lipinski definition) is 0. The molecule has 8 nitrogen and oxygen atoms in total. The molecule has 0 saturated carbocycles. The molecule has 0 spiro atoms. The van der Waals surface area contributed by atoms with Gasteiger partial charge in [0.25, 0.3) is 21.3 Å². The summed E-state index contributed by atoms with van der Waals surface area (Å²) in [5.74, 6) is -0.720. The molecule has 0 aliphatic heterocycles. The Morgan fingerprint density at radius 2 is 1.69 bits per heavy atom. The van der Waals surface area contributed by atoms with Crippen LogP contribution in [0.25, 0.3) is 22.0 Å². The van der Waals surface area contributed by atoms with Crippen molar-refractivity contribution in [2.24, 2.45) is 7.05 Å². The third kappa shape index (κ3) is 3.28. The van der Waals surface area contributed by atoms with Gasteiger partial charge >= 0.3 is 0 Å². The molecule has 0 N–H and O–H groups in total. The van der Waals surface area contributed by atoms with E-state index in [2.05, 4.69) is 0 Å². The molecule has 4 aromatic rings. The average molecular weight is 455 g/mol. The molecule has 0 bridgehead atoms. The van der Waals surface area contributed by atoms with E-state index < -0.39 is 26.3 Å². The summed E-state index contributed by atoms with van der Waals surface area (Å²) in [5, 5.41) is 11.5. The summed E-state index contributed by atoms with van der Waals surface area (Å²) in [4.78, 5) is 23.6. The molecule has 10 heteroatoms. The van der Waals surface area contributed by atoms with E-state index in [9.17, 15) is 27.7 Å². The van der Waals surface area contributed by atoms with Crippen molar-refractivity contribution in [1.82, 2.24) is 8.54 Å². The Morgan fingerprint density at radius 1 is 1.03 bits per heavy atom. The van der Waals surface area contributed by atoms with Gasteiger partial charge in [-0.15, -0.1) is 0 Å². The monoisotopic (exact) mass is 455 g/mol. The van der Waals surface area contributed by atoms with Gasteiger partial charge in [-0.05, 0) is 38.1 Å². The largest absolute Gasteiger partial charge is 0.316 e. The molecule has 164 valence electrons. The van der Waals surface area contributed by atoms with Crippen LogP contribution in [-0.4, -0.2) is 21.9 Å². The lowest BCUT2D eigenvalue weighted by Gasteiger charge is -2.12. The summed E-state index contributed by atoms with van der Waals surface area (Å²) in [6.45, 7) is 3.24. The number of nitro groups is 1. The Labute approximate surface area is 182 Å². The zero-order valence-electron chi connectivity index (χ0n) is 17.4. The topological polar surface area (TPSA) is 104 Å². The number of nitro benzene ring substituents is 1. The zero-order valence-corrected chi connectivity index (χ0v) is 18.2.